The number of hydrogen-bond acceptors (Lipinski definition) is 4. The highest BCUT2D eigenvalue weighted by Gasteiger charge is 2.33. The molecule has 1 aliphatic rings. The maximum atomic E-state index is 13.3. The number of fused-ring (bicyclic) bond motifs is 1. The second-order valence-corrected chi connectivity index (χ2v) is 7.10. The molecule has 4 rings (SSSR count). The summed E-state index contributed by atoms with van der Waals surface area (Å²) in [6.45, 7) is 1.66. The van der Waals surface area contributed by atoms with Gasteiger partial charge in [-0.1, -0.05) is 12.1 Å². The highest BCUT2D eigenvalue weighted by molar-refractivity contribution is 5.76. The summed E-state index contributed by atoms with van der Waals surface area (Å²) < 4.78 is 22.3. The second-order valence-electron chi connectivity index (χ2n) is 7.10. The van der Waals surface area contributed by atoms with Crippen molar-refractivity contribution < 1.29 is 14.2 Å². The summed E-state index contributed by atoms with van der Waals surface area (Å²) in [7, 11) is 3.52. The van der Waals surface area contributed by atoms with Gasteiger partial charge in [0.15, 0.2) is 0 Å². The predicted octanol–water partition coefficient (Wildman–Crippen LogP) is 1.64. The topological polar surface area (TPSA) is 59.6 Å². The molecule has 0 amide bonds. The summed E-state index contributed by atoms with van der Waals surface area (Å²) in [4.78, 5) is 14.2. The molecule has 3 aromatic rings. The number of aromatic nitrogens is 2. The van der Waals surface area contributed by atoms with E-state index in [9.17, 15) is 14.3 Å². The van der Waals surface area contributed by atoms with Gasteiger partial charge in [0, 0.05) is 39.8 Å². The van der Waals surface area contributed by atoms with E-state index in [1.54, 1.807) is 35.4 Å². The SMILES string of the molecule is Cn1c(=O)n(C)c2cc(CN3CC(O)C(Oc4cccc(F)c4)C3)ccc21. The van der Waals surface area contributed by atoms with Gasteiger partial charge < -0.3 is 9.84 Å². The van der Waals surface area contributed by atoms with Crippen LogP contribution >= 0.6 is 0 Å². The molecule has 27 heavy (non-hydrogen) atoms. The monoisotopic (exact) mass is 371 g/mol. The number of rotatable bonds is 4. The highest BCUT2D eigenvalue weighted by Crippen LogP contribution is 2.22. The van der Waals surface area contributed by atoms with Gasteiger partial charge in [-0.05, 0) is 29.8 Å². The zero-order chi connectivity index (χ0) is 19.1. The lowest BCUT2D eigenvalue weighted by Gasteiger charge is -2.17. The molecule has 2 unspecified atom stereocenters. The van der Waals surface area contributed by atoms with Gasteiger partial charge in [0.25, 0.3) is 0 Å². The van der Waals surface area contributed by atoms with Crippen LogP contribution in [0.15, 0.2) is 47.3 Å². The van der Waals surface area contributed by atoms with Crippen LogP contribution in [0.5, 0.6) is 5.75 Å². The van der Waals surface area contributed by atoms with Gasteiger partial charge in [-0.25, -0.2) is 9.18 Å². The van der Waals surface area contributed by atoms with Crippen molar-refractivity contribution in [3.63, 3.8) is 0 Å². The van der Waals surface area contributed by atoms with Gasteiger partial charge in [0.05, 0.1) is 11.0 Å². The summed E-state index contributed by atoms with van der Waals surface area (Å²) >= 11 is 0. The molecule has 1 aliphatic heterocycles. The summed E-state index contributed by atoms with van der Waals surface area (Å²) in [6, 6.07) is 11.9. The Kier molecular flexibility index (Phi) is 4.49. The second kappa shape index (κ2) is 6.83. The van der Waals surface area contributed by atoms with E-state index in [0.717, 1.165) is 16.6 Å². The molecule has 7 heteroatoms. The van der Waals surface area contributed by atoms with Crippen LogP contribution in [-0.2, 0) is 20.6 Å². The Morgan fingerprint density at radius 1 is 1.11 bits per heavy atom. The average Bonchev–Trinajstić information content (AvgIpc) is 3.08. The van der Waals surface area contributed by atoms with Gasteiger partial charge >= 0.3 is 5.69 Å². The quantitative estimate of drug-likeness (QED) is 0.758. The molecule has 0 radical (unpaired) electrons. The number of nitrogens with zero attached hydrogens (tertiary/aromatic N) is 3. The van der Waals surface area contributed by atoms with E-state index in [2.05, 4.69) is 4.90 Å². The first-order valence-electron chi connectivity index (χ1n) is 8.89. The van der Waals surface area contributed by atoms with E-state index in [4.69, 9.17) is 4.74 Å². The van der Waals surface area contributed by atoms with Crippen molar-refractivity contribution in [2.24, 2.45) is 14.1 Å². The molecule has 0 bridgehead atoms. The summed E-state index contributed by atoms with van der Waals surface area (Å²) in [6.07, 6.45) is -1.05. The molecule has 0 spiro atoms. The Bertz CT molecular complexity index is 1040. The van der Waals surface area contributed by atoms with Gasteiger partial charge in [0.1, 0.15) is 23.8 Å². The smallest absolute Gasteiger partial charge is 0.328 e. The minimum Gasteiger partial charge on any atom is -0.486 e. The van der Waals surface area contributed by atoms with Crippen molar-refractivity contribution in [2.45, 2.75) is 18.8 Å². The van der Waals surface area contributed by atoms with Crippen molar-refractivity contribution in [1.29, 1.82) is 0 Å². The number of aryl methyl sites for hydroxylation is 2. The largest absolute Gasteiger partial charge is 0.486 e. The third-order valence-corrected chi connectivity index (χ3v) is 5.14. The summed E-state index contributed by atoms with van der Waals surface area (Å²) in [5, 5.41) is 10.3. The molecule has 142 valence electrons. The number of β-amino-alcohol motifs (C(OH)–C–C–N with tert-alkyl or cyclic N) is 1. The molecular formula is C20H22FN3O3. The molecule has 2 aromatic carbocycles. The van der Waals surface area contributed by atoms with Gasteiger partial charge in [-0.15, -0.1) is 0 Å². The third-order valence-electron chi connectivity index (χ3n) is 5.14. The fourth-order valence-corrected chi connectivity index (χ4v) is 3.70. The van der Waals surface area contributed by atoms with Crippen LogP contribution in [0.2, 0.25) is 0 Å². The minimum atomic E-state index is -0.641. The van der Waals surface area contributed by atoms with E-state index >= 15 is 0 Å². The van der Waals surface area contributed by atoms with Gasteiger partial charge in [-0.3, -0.25) is 14.0 Å². The van der Waals surface area contributed by atoms with Crippen LogP contribution in [0.3, 0.4) is 0 Å². The Balaban J connectivity index is 1.48. The van der Waals surface area contributed by atoms with Crippen molar-refractivity contribution in [2.75, 3.05) is 13.1 Å². The average molecular weight is 371 g/mol. The fraction of sp³-hybridized carbons (Fsp3) is 0.350. The van der Waals surface area contributed by atoms with Crippen LogP contribution in [0.25, 0.3) is 11.0 Å². The number of halogens is 1. The van der Waals surface area contributed by atoms with Crippen LogP contribution in [0.4, 0.5) is 4.39 Å². The molecule has 1 saturated heterocycles. The first-order chi connectivity index (χ1) is 12.9. The summed E-state index contributed by atoms with van der Waals surface area (Å²) in [5.74, 6) is 0.0558. The third kappa shape index (κ3) is 3.36. The molecule has 2 heterocycles. The first kappa shape index (κ1) is 17.8. The van der Waals surface area contributed by atoms with E-state index in [-0.39, 0.29) is 11.5 Å². The van der Waals surface area contributed by atoms with Crippen LogP contribution in [0, 0.1) is 5.82 Å². The maximum Gasteiger partial charge on any atom is 0.328 e. The van der Waals surface area contributed by atoms with Crippen molar-refractivity contribution in [3.8, 4) is 5.75 Å². The molecule has 0 aliphatic carbocycles. The van der Waals surface area contributed by atoms with Gasteiger partial charge in [-0.2, -0.15) is 0 Å². The number of ether oxygens (including phenoxy) is 1. The van der Waals surface area contributed by atoms with E-state index < -0.39 is 12.2 Å². The lowest BCUT2D eigenvalue weighted by atomic mass is 10.2. The molecule has 1 aromatic heterocycles. The lowest BCUT2D eigenvalue weighted by molar-refractivity contribution is 0.0734. The minimum absolute atomic E-state index is 0.0534. The number of imidazole rings is 1. The van der Waals surface area contributed by atoms with E-state index in [0.29, 0.717) is 25.4 Å². The molecule has 1 N–H and O–H groups in total. The van der Waals surface area contributed by atoms with Gasteiger partial charge in [0.2, 0.25) is 0 Å². The number of aliphatic hydroxyl groups is 1. The first-order valence-corrected chi connectivity index (χ1v) is 8.89. The number of aliphatic hydroxyl groups excluding tert-OH is 1. The maximum absolute atomic E-state index is 13.3. The Labute approximate surface area is 156 Å². The van der Waals surface area contributed by atoms with Crippen LogP contribution in [0.1, 0.15) is 5.56 Å². The van der Waals surface area contributed by atoms with Crippen molar-refractivity contribution in [3.05, 3.63) is 64.3 Å². The number of likely N-dealkylation sites (tertiary alicyclic amines) is 1. The summed E-state index contributed by atoms with van der Waals surface area (Å²) in [5.41, 5.74) is 2.77. The Hall–Kier alpha value is -2.64. The molecule has 2 atom stereocenters. The van der Waals surface area contributed by atoms with Crippen LogP contribution in [-0.4, -0.2) is 44.4 Å². The van der Waals surface area contributed by atoms with E-state index in [1.165, 1.54) is 12.1 Å². The molecule has 0 saturated carbocycles. The molecule has 6 nitrogen and oxygen atoms in total. The zero-order valence-corrected chi connectivity index (χ0v) is 15.3. The van der Waals surface area contributed by atoms with Crippen LogP contribution < -0.4 is 10.4 Å². The predicted molar refractivity (Wildman–Crippen MR) is 100 cm³/mol. The standard InChI is InChI=1S/C20H22FN3O3/c1-22-16-7-6-13(8-17(16)23(2)20(22)26)10-24-11-18(25)19(12-24)27-15-5-3-4-14(21)9-15/h3-9,18-19,25H,10-12H2,1-2H3. The van der Waals surface area contributed by atoms with E-state index in [1.807, 2.05) is 18.2 Å². The lowest BCUT2D eigenvalue weighted by Crippen LogP contribution is -2.29. The number of hydrogen-bond donors (Lipinski definition) is 1. The van der Waals surface area contributed by atoms with Crippen molar-refractivity contribution in [1.82, 2.24) is 14.0 Å². The zero-order valence-electron chi connectivity index (χ0n) is 15.3. The normalized spacial score (nSPS) is 20.4. The molecule has 1 fully saturated rings. The fourth-order valence-electron chi connectivity index (χ4n) is 3.70. The molecular weight excluding hydrogens is 349 g/mol. The number of benzene rings is 2. The van der Waals surface area contributed by atoms with Crippen molar-refractivity contribution >= 4 is 11.0 Å². The highest BCUT2D eigenvalue weighted by atomic mass is 19.1. The Morgan fingerprint density at radius 2 is 1.89 bits per heavy atom. The Morgan fingerprint density at radius 3 is 2.67 bits per heavy atom.